The maximum absolute atomic E-state index is 12.4. The number of nitrogens with zero attached hydrogens (tertiary/aromatic N) is 4. The van der Waals surface area contributed by atoms with Crippen LogP contribution in [0.15, 0.2) is 59.9 Å². The molecule has 1 aliphatic rings. The Bertz CT molecular complexity index is 1340. The molecule has 5 rings (SSSR count). The molecule has 0 atom stereocenters. The topological polar surface area (TPSA) is 72.2 Å². The van der Waals surface area contributed by atoms with E-state index in [1.165, 1.54) is 0 Å². The van der Waals surface area contributed by atoms with Gasteiger partial charge >= 0.3 is 0 Å². The van der Waals surface area contributed by atoms with Crippen LogP contribution in [0.5, 0.6) is 0 Å². The number of amides is 1. The van der Waals surface area contributed by atoms with Gasteiger partial charge in [0.2, 0.25) is 0 Å². The zero-order chi connectivity index (χ0) is 20.8. The Kier molecular flexibility index (Phi) is 4.53. The number of carbonyl (C=O) groups excluding carboxylic acids is 1. The van der Waals surface area contributed by atoms with Crippen molar-refractivity contribution in [3.63, 3.8) is 0 Å². The number of hydrogen-bond donors (Lipinski definition) is 1. The Balaban J connectivity index is 1.55. The van der Waals surface area contributed by atoms with E-state index in [2.05, 4.69) is 24.8 Å². The van der Waals surface area contributed by atoms with Gasteiger partial charge in [-0.15, -0.1) is 0 Å². The second-order valence-corrected chi connectivity index (χ2v) is 7.74. The molecule has 3 heterocycles. The van der Waals surface area contributed by atoms with Crippen molar-refractivity contribution in [2.75, 3.05) is 6.54 Å². The van der Waals surface area contributed by atoms with Crippen LogP contribution >= 0.6 is 23.2 Å². The molecule has 1 N–H and O–H groups in total. The van der Waals surface area contributed by atoms with Gasteiger partial charge in [0, 0.05) is 11.9 Å². The van der Waals surface area contributed by atoms with E-state index >= 15 is 0 Å². The van der Waals surface area contributed by atoms with E-state index in [1.54, 1.807) is 24.5 Å². The van der Waals surface area contributed by atoms with E-state index in [1.807, 2.05) is 37.3 Å². The van der Waals surface area contributed by atoms with Crippen molar-refractivity contribution in [3.8, 4) is 5.69 Å². The molecule has 0 aliphatic carbocycles. The quantitative estimate of drug-likeness (QED) is 0.486. The number of rotatable bonds is 2. The highest BCUT2D eigenvalue weighted by Gasteiger charge is 2.20. The van der Waals surface area contributed by atoms with Crippen molar-refractivity contribution in [2.45, 2.75) is 6.92 Å². The second kappa shape index (κ2) is 7.23. The SMILES string of the molecule is Cc1nc2ccncc2n1-c1ccc(C2=Nc3cc(Cl)c(Cl)cc3C(=O)NC2)cc1. The molecular weight excluding hydrogens is 421 g/mol. The van der Waals surface area contributed by atoms with E-state index < -0.39 is 0 Å². The minimum atomic E-state index is -0.230. The van der Waals surface area contributed by atoms with E-state index in [0.29, 0.717) is 27.8 Å². The lowest BCUT2D eigenvalue weighted by molar-refractivity contribution is 0.0961. The monoisotopic (exact) mass is 435 g/mol. The number of benzene rings is 2. The smallest absolute Gasteiger partial charge is 0.253 e. The Morgan fingerprint density at radius 1 is 1.07 bits per heavy atom. The predicted octanol–water partition coefficient (Wildman–Crippen LogP) is 4.90. The average molecular weight is 436 g/mol. The first-order chi connectivity index (χ1) is 14.5. The van der Waals surface area contributed by atoms with Gasteiger partial charge in [0.05, 0.1) is 50.8 Å². The summed E-state index contributed by atoms with van der Waals surface area (Å²) in [6.07, 6.45) is 3.54. The number of aromatic nitrogens is 3. The van der Waals surface area contributed by atoms with Crippen LogP contribution in [0.4, 0.5) is 5.69 Å². The fraction of sp³-hybridized carbons (Fsp3) is 0.0909. The van der Waals surface area contributed by atoms with Crippen molar-refractivity contribution in [1.29, 1.82) is 0 Å². The maximum Gasteiger partial charge on any atom is 0.253 e. The molecule has 8 heteroatoms. The third-order valence-corrected chi connectivity index (χ3v) is 5.76. The number of imidazole rings is 1. The summed E-state index contributed by atoms with van der Waals surface area (Å²) < 4.78 is 2.06. The standard InChI is InChI=1S/C22H15Cl2N5O/c1-12-27-18-6-7-25-11-21(18)29(12)14-4-2-13(3-5-14)20-10-26-22(30)15-8-16(23)17(24)9-19(15)28-20/h2-9,11H,10H2,1H3,(H,26,30). The highest BCUT2D eigenvalue weighted by Crippen LogP contribution is 2.32. The summed E-state index contributed by atoms with van der Waals surface area (Å²) >= 11 is 12.2. The normalized spacial score (nSPS) is 13.6. The summed E-state index contributed by atoms with van der Waals surface area (Å²) in [6.45, 7) is 2.27. The first-order valence-electron chi connectivity index (χ1n) is 9.26. The van der Waals surface area contributed by atoms with Crippen LogP contribution in [0.1, 0.15) is 21.7 Å². The van der Waals surface area contributed by atoms with Crippen molar-refractivity contribution in [2.24, 2.45) is 4.99 Å². The third kappa shape index (κ3) is 3.14. The molecule has 148 valence electrons. The number of aryl methyl sites for hydroxylation is 1. The second-order valence-electron chi connectivity index (χ2n) is 6.93. The highest BCUT2D eigenvalue weighted by molar-refractivity contribution is 6.42. The fourth-order valence-corrected chi connectivity index (χ4v) is 3.92. The molecule has 0 radical (unpaired) electrons. The molecule has 2 aromatic carbocycles. The van der Waals surface area contributed by atoms with Crippen LogP contribution in [0.3, 0.4) is 0 Å². The summed E-state index contributed by atoms with van der Waals surface area (Å²) in [6, 6.07) is 13.0. The average Bonchev–Trinajstić information content (AvgIpc) is 3.00. The van der Waals surface area contributed by atoms with E-state index in [9.17, 15) is 4.79 Å². The summed E-state index contributed by atoms with van der Waals surface area (Å²) in [5, 5.41) is 3.56. The number of halogens is 2. The van der Waals surface area contributed by atoms with Crippen LogP contribution in [-0.4, -0.2) is 32.7 Å². The lowest BCUT2D eigenvalue weighted by Crippen LogP contribution is -2.28. The first kappa shape index (κ1) is 18.8. The van der Waals surface area contributed by atoms with Gasteiger partial charge in [-0.05, 0) is 42.8 Å². The van der Waals surface area contributed by atoms with Crippen LogP contribution < -0.4 is 5.32 Å². The van der Waals surface area contributed by atoms with Gasteiger partial charge in [0.1, 0.15) is 5.82 Å². The largest absolute Gasteiger partial charge is 0.346 e. The van der Waals surface area contributed by atoms with Gasteiger partial charge in [-0.25, -0.2) is 4.98 Å². The molecule has 4 aromatic rings. The number of carbonyl (C=O) groups is 1. The molecule has 1 amide bonds. The van der Waals surface area contributed by atoms with Gasteiger partial charge in [0.25, 0.3) is 5.91 Å². The summed E-state index contributed by atoms with van der Waals surface area (Å²) in [5.41, 5.74) is 5.36. The molecule has 0 fully saturated rings. The van der Waals surface area contributed by atoms with Gasteiger partial charge in [-0.1, -0.05) is 35.3 Å². The molecule has 0 bridgehead atoms. The predicted molar refractivity (Wildman–Crippen MR) is 119 cm³/mol. The van der Waals surface area contributed by atoms with Gasteiger partial charge in [-0.3, -0.25) is 19.3 Å². The molecule has 2 aromatic heterocycles. The summed E-state index contributed by atoms with van der Waals surface area (Å²) in [4.78, 5) is 25.9. The number of fused-ring (bicyclic) bond motifs is 2. The van der Waals surface area contributed by atoms with Crippen molar-refractivity contribution in [1.82, 2.24) is 19.9 Å². The fourth-order valence-electron chi connectivity index (χ4n) is 3.59. The van der Waals surface area contributed by atoms with Crippen molar-refractivity contribution >= 4 is 51.5 Å². The zero-order valence-electron chi connectivity index (χ0n) is 15.9. The number of nitrogens with one attached hydrogen (secondary N) is 1. The van der Waals surface area contributed by atoms with Crippen LogP contribution in [0, 0.1) is 6.92 Å². The van der Waals surface area contributed by atoms with E-state index in [-0.39, 0.29) is 5.91 Å². The minimum absolute atomic E-state index is 0.230. The highest BCUT2D eigenvalue weighted by atomic mass is 35.5. The molecule has 6 nitrogen and oxygen atoms in total. The first-order valence-corrected chi connectivity index (χ1v) is 10.0. The summed E-state index contributed by atoms with van der Waals surface area (Å²) in [7, 11) is 0. The van der Waals surface area contributed by atoms with Gasteiger partial charge < -0.3 is 5.32 Å². The zero-order valence-corrected chi connectivity index (χ0v) is 17.4. The number of pyridine rings is 1. The Labute approximate surface area is 182 Å². The summed E-state index contributed by atoms with van der Waals surface area (Å²) in [5.74, 6) is 0.650. The lowest BCUT2D eigenvalue weighted by Gasteiger charge is -2.09. The molecule has 1 aliphatic heterocycles. The van der Waals surface area contributed by atoms with Crippen LogP contribution in [0.2, 0.25) is 10.0 Å². The Morgan fingerprint density at radius 2 is 1.83 bits per heavy atom. The molecule has 0 saturated carbocycles. The van der Waals surface area contributed by atoms with Crippen molar-refractivity contribution < 1.29 is 4.79 Å². The van der Waals surface area contributed by atoms with Crippen LogP contribution in [-0.2, 0) is 0 Å². The van der Waals surface area contributed by atoms with E-state index in [0.717, 1.165) is 33.8 Å². The molecule has 30 heavy (non-hydrogen) atoms. The number of aliphatic imine (C=N–C) groups is 1. The van der Waals surface area contributed by atoms with E-state index in [4.69, 9.17) is 23.2 Å². The molecular formula is C22H15Cl2N5O. The van der Waals surface area contributed by atoms with Crippen molar-refractivity contribution in [3.05, 3.63) is 81.9 Å². The van der Waals surface area contributed by atoms with Crippen LogP contribution in [0.25, 0.3) is 16.7 Å². The molecule has 0 saturated heterocycles. The maximum atomic E-state index is 12.4. The molecule has 0 unspecified atom stereocenters. The third-order valence-electron chi connectivity index (χ3n) is 5.04. The van der Waals surface area contributed by atoms with Gasteiger partial charge in [0.15, 0.2) is 0 Å². The lowest BCUT2D eigenvalue weighted by atomic mass is 10.1. The molecule has 0 spiro atoms. The number of hydrogen-bond acceptors (Lipinski definition) is 4. The Hall–Kier alpha value is -3.22. The Morgan fingerprint density at radius 3 is 2.63 bits per heavy atom. The van der Waals surface area contributed by atoms with Gasteiger partial charge in [-0.2, -0.15) is 0 Å². The minimum Gasteiger partial charge on any atom is -0.346 e.